The Hall–Kier alpha value is -2.02. The molecule has 1 aliphatic rings. The molecule has 134 valence electrons. The van der Waals surface area contributed by atoms with Gasteiger partial charge in [0.2, 0.25) is 0 Å². The van der Waals surface area contributed by atoms with Gasteiger partial charge in [-0.2, -0.15) is 0 Å². The number of amides is 1. The van der Waals surface area contributed by atoms with Crippen LogP contribution in [0.15, 0.2) is 53.2 Å². The van der Waals surface area contributed by atoms with E-state index in [1.54, 1.807) is 22.7 Å². The van der Waals surface area contributed by atoms with E-state index in [1.807, 2.05) is 30.3 Å². The first kappa shape index (κ1) is 17.4. The van der Waals surface area contributed by atoms with Gasteiger partial charge in [0.05, 0.1) is 10.6 Å². The van der Waals surface area contributed by atoms with Crippen LogP contribution in [0.1, 0.15) is 28.9 Å². The minimum absolute atomic E-state index is 0.0316. The van der Waals surface area contributed by atoms with Gasteiger partial charge in [-0.05, 0) is 36.4 Å². The Kier molecular flexibility index (Phi) is 5.43. The van der Waals surface area contributed by atoms with Crippen molar-refractivity contribution in [2.45, 2.75) is 25.4 Å². The number of aromatic nitrogens is 1. The number of thiazole rings is 1. The maximum absolute atomic E-state index is 12.3. The topological polar surface area (TPSA) is 45.2 Å². The lowest BCUT2D eigenvalue weighted by Crippen LogP contribution is -2.44. The Bertz CT molecular complexity index is 837. The van der Waals surface area contributed by atoms with Crippen molar-refractivity contribution in [3.05, 3.63) is 64.5 Å². The zero-order chi connectivity index (χ0) is 17.8. The molecule has 1 N–H and O–H groups in total. The van der Waals surface area contributed by atoms with E-state index in [0.29, 0.717) is 0 Å². The normalized spacial score (nSPS) is 15.8. The summed E-state index contributed by atoms with van der Waals surface area (Å²) < 4.78 is 0. The van der Waals surface area contributed by atoms with Gasteiger partial charge < -0.3 is 5.32 Å². The maximum Gasteiger partial charge on any atom is 0.251 e. The summed E-state index contributed by atoms with van der Waals surface area (Å²) in [4.78, 5) is 20.7. The van der Waals surface area contributed by atoms with Crippen LogP contribution in [0.4, 0.5) is 0 Å². The number of rotatable bonds is 5. The average Bonchev–Trinajstić information content (AvgIpc) is 3.36. The summed E-state index contributed by atoms with van der Waals surface area (Å²) in [5.41, 5.74) is 1.88. The number of benzene rings is 1. The average molecular weight is 384 g/mol. The van der Waals surface area contributed by atoms with Crippen molar-refractivity contribution < 1.29 is 4.79 Å². The van der Waals surface area contributed by atoms with Crippen molar-refractivity contribution >= 4 is 28.6 Å². The fourth-order valence-electron chi connectivity index (χ4n) is 3.22. The van der Waals surface area contributed by atoms with Crippen LogP contribution in [0.25, 0.3) is 9.88 Å². The number of carbonyl (C=O) groups is 1. The van der Waals surface area contributed by atoms with E-state index >= 15 is 0 Å². The molecule has 1 aromatic carbocycles. The Balaban J connectivity index is 1.27. The summed E-state index contributed by atoms with van der Waals surface area (Å²) in [6.45, 7) is 2.87. The molecule has 1 aliphatic heterocycles. The minimum atomic E-state index is 0.0316. The molecule has 4 nitrogen and oxygen atoms in total. The van der Waals surface area contributed by atoms with E-state index in [0.717, 1.165) is 48.7 Å². The van der Waals surface area contributed by atoms with Crippen LogP contribution in [-0.2, 0) is 6.54 Å². The summed E-state index contributed by atoms with van der Waals surface area (Å²) in [5.74, 6) is 0.0316. The molecule has 0 bridgehead atoms. The second-order valence-corrected chi connectivity index (χ2v) is 8.32. The van der Waals surface area contributed by atoms with Gasteiger partial charge >= 0.3 is 0 Å². The standard InChI is InChI=1S/C20H21N3OS2/c24-19(15-5-2-1-3-6-15)21-16-8-10-23(11-9-16)13-17-14-26-20(22-17)18-7-4-12-25-18/h1-7,12,14,16H,8-11,13H2,(H,21,24). The number of carbonyl (C=O) groups excluding carboxylic acids is 1. The van der Waals surface area contributed by atoms with Crippen LogP contribution in [0.2, 0.25) is 0 Å². The highest BCUT2D eigenvalue weighted by molar-refractivity contribution is 7.20. The van der Waals surface area contributed by atoms with E-state index in [9.17, 15) is 4.79 Å². The Labute approximate surface area is 161 Å². The number of hydrogen-bond donors (Lipinski definition) is 1. The molecule has 2 aromatic heterocycles. The van der Waals surface area contributed by atoms with Gasteiger partial charge in [-0.1, -0.05) is 24.3 Å². The molecule has 26 heavy (non-hydrogen) atoms. The highest BCUT2D eigenvalue weighted by atomic mass is 32.1. The molecule has 0 aliphatic carbocycles. The van der Waals surface area contributed by atoms with Gasteiger partial charge in [-0.3, -0.25) is 9.69 Å². The van der Waals surface area contributed by atoms with Crippen molar-refractivity contribution in [1.29, 1.82) is 0 Å². The number of nitrogens with one attached hydrogen (secondary N) is 1. The number of thiophene rings is 1. The molecule has 1 fully saturated rings. The monoisotopic (exact) mass is 383 g/mol. The fraction of sp³-hybridized carbons (Fsp3) is 0.300. The molecular weight excluding hydrogens is 362 g/mol. The number of hydrogen-bond acceptors (Lipinski definition) is 5. The van der Waals surface area contributed by atoms with E-state index in [2.05, 4.69) is 33.1 Å². The first-order valence-corrected chi connectivity index (χ1v) is 10.6. The van der Waals surface area contributed by atoms with Gasteiger partial charge in [-0.25, -0.2) is 4.98 Å². The predicted molar refractivity (Wildman–Crippen MR) is 108 cm³/mol. The molecule has 0 atom stereocenters. The smallest absolute Gasteiger partial charge is 0.251 e. The number of likely N-dealkylation sites (tertiary alicyclic amines) is 1. The van der Waals surface area contributed by atoms with Crippen LogP contribution in [0.5, 0.6) is 0 Å². The van der Waals surface area contributed by atoms with Crippen molar-refractivity contribution in [3.8, 4) is 9.88 Å². The summed E-state index contributed by atoms with van der Waals surface area (Å²) in [7, 11) is 0. The van der Waals surface area contributed by atoms with E-state index in [4.69, 9.17) is 4.98 Å². The van der Waals surface area contributed by atoms with Crippen molar-refractivity contribution in [2.24, 2.45) is 0 Å². The summed E-state index contributed by atoms with van der Waals surface area (Å²) in [6.07, 6.45) is 1.97. The Morgan fingerprint density at radius 2 is 1.92 bits per heavy atom. The fourth-order valence-corrected chi connectivity index (χ4v) is 4.84. The quantitative estimate of drug-likeness (QED) is 0.716. The first-order chi connectivity index (χ1) is 12.8. The van der Waals surface area contributed by atoms with E-state index in [1.165, 1.54) is 4.88 Å². The zero-order valence-electron chi connectivity index (χ0n) is 14.4. The van der Waals surface area contributed by atoms with Gasteiger partial charge in [-0.15, -0.1) is 22.7 Å². The molecule has 3 heterocycles. The predicted octanol–water partition coefficient (Wildman–Crippen LogP) is 4.27. The molecule has 6 heteroatoms. The summed E-state index contributed by atoms with van der Waals surface area (Å²) in [6, 6.07) is 13.9. The Morgan fingerprint density at radius 1 is 1.12 bits per heavy atom. The maximum atomic E-state index is 12.3. The van der Waals surface area contributed by atoms with Gasteiger partial charge in [0.15, 0.2) is 0 Å². The lowest BCUT2D eigenvalue weighted by molar-refractivity contribution is 0.0908. The molecule has 3 aromatic rings. The minimum Gasteiger partial charge on any atom is -0.349 e. The highest BCUT2D eigenvalue weighted by Crippen LogP contribution is 2.28. The molecule has 0 unspecified atom stereocenters. The molecule has 0 spiro atoms. The first-order valence-electron chi connectivity index (χ1n) is 8.84. The Morgan fingerprint density at radius 3 is 2.65 bits per heavy atom. The highest BCUT2D eigenvalue weighted by Gasteiger charge is 2.21. The lowest BCUT2D eigenvalue weighted by atomic mass is 10.0. The van der Waals surface area contributed by atoms with Crippen molar-refractivity contribution in [3.63, 3.8) is 0 Å². The number of piperidine rings is 1. The van der Waals surface area contributed by atoms with Crippen LogP contribution in [0.3, 0.4) is 0 Å². The third-order valence-electron chi connectivity index (χ3n) is 4.63. The van der Waals surface area contributed by atoms with E-state index < -0.39 is 0 Å². The molecule has 1 saturated heterocycles. The van der Waals surface area contributed by atoms with Gasteiger partial charge in [0, 0.05) is 36.6 Å². The van der Waals surface area contributed by atoms with Crippen molar-refractivity contribution in [1.82, 2.24) is 15.2 Å². The number of nitrogens with zero attached hydrogens (tertiary/aromatic N) is 2. The lowest BCUT2D eigenvalue weighted by Gasteiger charge is -2.31. The second kappa shape index (κ2) is 8.12. The van der Waals surface area contributed by atoms with Crippen LogP contribution in [0, 0.1) is 0 Å². The summed E-state index contributed by atoms with van der Waals surface area (Å²) >= 11 is 3.45. The SMILES string of the molecule is O=C(NC1CCN(Cc2csc(-c3cccs3)n2)CC1)c1ccccc1. The van der Waals surface area contributed by atoms with Gasteiger partial charge in [0.1, 0.15) is 5.01 Å². The molecule has 1 amide bonds. The van der Waals surface area contributed by atoms with Crippen molar-refractivity contribution in [2.75, 3.05) is 13.1 Å². The molecule has 0 radical (unpaired) electrons. The largest absolute Gasteiger partial charge is 0.349 e. The third-order valence-corrected chi connectivity index (χ3v) is 6.56. The third kappa shape index (κ3) is 4.20. The van der Waals surface area contributed by atoms with Gasteiger partial charge in [0.25, 0.3) is 5.91 Å². The molecule has 4 rings (SSSR count). The zero-order valence-corrected chi connectivity index (χ0v) is 16.1. The van der Waals surface area contributed by atoms with Crippen LogP contribution in [-0.4, -0.2) is 34.9 Å². The van der Waals surface area contributed by atoms with Crippen LogP contribution >= 0.6 is 22.7 Å². The van der Waals surface area contributed by atoms with E-state index in [-0.39, 0.29) is 11.9 Å². The molecular formula is C20H21N3OS2. The molecule has 0 saturated carbocycles. The summed E-state index contributed by atoms with van der Waals surface area (Å²) in [5, 5.41) is 8.53. The second-order valence-electron chi connectivity index (χ2n) is 6.51. The van der Waals surface area contributed by atoms with Crippen LogP contribution < -0.4 is 5.32 Å².